The second-order valence-corrected chi connectivity index (χ2v) is 3.67. The first kappa shape index (κ1) is 11.4. The fourth-order valence-corrected chi connectivity index (χ4v) is 1.79. The van der Waals surface area contributed by atoms with Gasteiger partial charge in [-0.15, -0.1) is 0 Å². The lowest BCUT2D eigenvalue weighted by Gasteiger charge is -2.18. The number of aliphatic hydroxyl groups excluding tert-OH is 1. The molecular weight excluding hydrogens is 258 g/mol. The van der Waals surface area contributed by atoms with Crippen LogP contribution in [0.15, 0.2) is 22.7 Å². The molecular formula is C9H9BrF2O2. The fourth-order valence-electron chi connectivity index (χ4n) is 1.14. The third kappa shape index (κ3) is 2.22. The Hall–Kier alpha value is -0.680. The van der Waals surface area contributed by atoms with Gasteiger partial charge in [-0.1, -0.05) is 22.0 Å². The minimum Gasteiger partial charge on any atom is -0.507 e. The van der Waals surface area contributed by atoms with Crippen molar-refractivity contribution in [3.8, 4) is 5.75 Å². The first-order valence-electron chi connectivity index (χ1n) is 3.95. The second kappa shape index (κ2) is 4.23. The number of alkyl halides is 2. The van der Waals surface area contributed by atoms with Gasteiger partial charge in [-0.05, 0) is 12.1 Å². The summed E-state index contributed by atoms with van der Waals surface area (Å²) in [5.74, 6) is -3.70. The zero-order valence-corrected chi connectivity index (χ0v) is 8.76. The quantitative estimate of drug-likeness (QED) is 0.883. The molecule has 0 spiro atoms. The lowest BCUT2D eigenvalue weighted by Crippen LogP contribution is -2.16. The van der Waals surface area contributed by atoms with E-state index in [0.29, 0.717) is 0 Å². The van der Waals surface area contributed by atoms with Crippen LogP contribution in [0.5, 0.6) is 5.75 Å². The standard InChI is InChI=1S/C9H9BrF2O2/c10-6-2-1-3-7(14)8(6)9(11,12)4-5-13/h1-3,13-14H,4-5H2. The highest BCUT2D eigenvalue weighted by atomic mass is 79.9. The van der Waals surface area contributed by atoms with Crippen LogP contribution in [-0.4, -0.2) is 16.8 Å². The van der Waals surface area contributed by atoms with Crippen LogP contribution in [0.2, 0.25) is 0 Å². The summed E-state index contributed by atoms with van der Waals surface area (Å²) in [5, 5.41) is 17.7. The molecule has 0 aromatic heterocycles. The summed E-state index contributed by atoms with van der Waals surface area (Å²) in [5.41, 5.74) is -0.478. The number of hydrogen-bond acceptors (Lipinski definition) is 2. The molecule has 2 nitrogen and oxygen atoms in total. The third-order valence-corrected chi connectivity index (χ3v) is 2.44. The van der Waals surface area contributed by atoms with Crippen molar-refractivity contribution in [1.29, 1.82) is 0 Å². The summed E-state index contributed by atoms with van der Waals surface area (Å²) < 4.78 is 26.8. The van der Waals surface area contributed by atoms with Gasteiger partial charge in [0.25, 0.3) is 5.92 Å². The van der Waals surface area contributed by atoms with Crippen molar-refractivity contribution in [3.05, 3.63) is 28.2 Å². The highest BCUT2D eigenvalue weighted by Crippen LogP contribution is 2.41. The summed E-state index contributed by atoms with van der Waals surface area (Å²) >= 11 is 2.93. The molecule has 0 unspecified atom stereocenters. The number of hydrogen-bond donors (Lipinski definition) is 2. The number of halogens is 3. The zero-order valence-electron chi connectivity index (χ0n) is 7.17. The second-order valence-electron chi connectivity index (χ2n) is 2.81. The fraction of sp³-hybridized carbons (Fsp3) is 0.333. The first-order valence-corrected chi connectivity index (χ1v) is 4.75. The van der Waals surface area contributed by atoms with Crippen LogP contribution >= 0.6 is 15.9 Å². The molecule has 0 aliphatic rings. The summed E-state index contributed by atoms with van der Waals surface area (Å²) in [6.45, 7) is -0.631. The molecule has 0 aliphatic heterocycles. The van der Waals surface area contributed by atoms with Crippen molar-refractivity contribution in [1.82, 2.24) is 0 Å². The maximum atomic E-state index is 13.3. The lowest BCUT2D eigenvalue weighted by atomic mass is 10.0. The Morgan fingerprint density at radius 1 is 1.36 bits per heavy atom. The van der Waals surface area contributed by atoms with Crippen molar-refractivity contribution in [2.24, 2.45) is 0 Å². The van der Waals surface area contributed by atoms with Gasteiger partial charge in [-0.25, -0.2) is 8.78 Å². The molecule has 0 aliphatic carbocycles. The Kier molecular flexibility index (Phi) is 3.44. The molecule has 0 atom stereocenters. The van der Waals surface area contributed by atoms with Gasteiger partial charge in [-0.3, -0.25) is 0 Å². The molecule has 14 heavy (non-hydrogen) atoms. The van der Waals surface area contributed by atoms with Gasteiger partial charge in [-0.2, -0.15) is 0 Å². The van der Waals surface area contributed by atoms with E-state index in [2.05, 4.69) is 15.9 Å². The van der Waals surface area contributed by atoms with Gasteiger partial charge in [0.1, 0.15) is 5.75 Å². The number of aliphatic hydroxyl groups is 1. The van der Waals surface area contributed by atoms with Crippen molar-refractivity contribution >= 4 is 15.9 Å². The summed E-state index contributed by atoms with van der Waals surface area (Å²) in [6.07, 6.45) is -0.705. The highest BCUT2D eigenvalue weighted by molar-refractivity contribution is 9.10. The summed E-state index contributed by atoms with van der Waals surface area (Å²) in [4.78, 5) is 0. The molecule has 1 aromatic carbocycles. The molecule has 0 bridgehead atoms. The van der Waals surface area contributed by atoms with Crippen LogP contribution in [0, 0.1) is 0 Å². The molecule has 0 radical (unpaired) electrons. The molecule has 0 saturated heterocycles. The minimum atomic E-state index is -3.22. The van der Waals surface area contributed by atoms with Gasteiger partial charge in [0.05, 0.1) is 5.56 Å². The van der Waals surface area contributed by atoms with E-state index in [0.717, 1.165) is 0 Å². The van der Waals surface area contributed by atoms with Crippen LogP contribution in [0.4, 0.5) is 8.78 Å². The van der Waals surface area contributed by atoms with Gasteiger partial charge < -0.3 is 10.2 Å². The first-order chi connectivity index (χ1) is 6.49. The number of phenolic OH excluding ortho intramolecular Hbond substituents is 1. The van der Waals surface area contributed by atoms with Crippen LogP contribution in [-0.2, 0) is 5.92 Å². The van der Waals surface area contributed by atoms with Gasteiger partial charge in [0.2, 0.25) is 0 Å². The zero-order chi connectivity index (χ0) is 10.8. The van der Waals surface area contributed by atoms with Crippen molar-refractivity contribution in [3.63, 3.8) is 0 Å². The number of rotatable bonds is 3. The van der Waals surface area contributed by atoms with E-state index in [1.807, 2.05) is 0 Å². The molecule has 5 heteroatoms. The third-order valence-electron chi connectivity index (χ3n) is 1.78. The molecule has 0 saturated carbocycles. The van der Waals surface area contributed by atoms with Crippen molar-refractivity contribution < 1.29 is 19.0 Å². The summed E-state index contributed by atoms with van der Waals surface area (Å²) in [6, 6.07) is 4.06. The Morgan fingerprint density at radius 3 is 2.50 bits per heavy atom. The summed E-state index contributed by atoms with van der Waals surface area (Å²) in [7, 11) is 0. The predicted octanol–water partition coefficient (Wildman–Crippen LogP) is 2.63. The molecule has 1 aromatic rings. The monoisotopic (exact) mass is 266 g/mol. The van der Waals surface area contributed by atoms with E-state index in [1.54, 1.807) is 0 Å². The molecule has 78 valence electrons. The molecule has 2 N–H and O–H groups in total. The topological polar surface area (TPSA) is 40.5 Å². The Balaban J connectivity index is 3.17. The van der Waals surface area contributed by atoms with Crippen molar-refractivity contribution in [2.75, 3.05) is 6.61 Å². The van der Waals surface area contributed by atoms with Crippen molar-refractivity contribution in [2.45, 2.75) is 12.3 Å². The largest absolute Gasteiger partial charge is 0.507 e. The molecule has 1 rings (SSSR count). The average Bonchev–Trinajstić information content (AvgIpc) is 2.02. The number of phenols is 1. The van der Waals surface area contributed by atoms with Crippen LogP contribution in [0.1, 0.15) is 12.0 Å². The van der Waals surface area contributed by atoms with Gasteiger partial charge in [0.15, 0.2) is 0 Å². The molecule has 0 fully saturated rings. The molecule has 0 amide bonds. The Morgan fingerprint density at radius 2 is 2.00 bits per heavy atom. The van der Waals surface area contributed by atoms with E-state index in [9.17, 15) is 13.9 Å². The van der Waals surface area contributed by atoms with E-state index in [-0.39, 0.29) is 4.47 Å². The SMILES string of the molecule is OCCC(F)(F)c1c(O)cccc1Br. The van der Waals surface area contributed by atoms with Crippen LogP contribution in [0.3, 0.4) is 0 Å². The van der Waals surface area contributed by atoms with E-state index in [4.69, 9.17) is 5.11 Å². The van der Waals surface area contributed by atoms with E-state index >= 15 is 0 Å². The van der Waals surface area contributed by atoms with E-state index < -0.39 is 30.3 Å². The smallest absolute Gasteiger partial charge is 0.280 e. The number of aromatic hydroxyl groups is 1. The van der Waals surface area contributed by atoms with Crippen LogP contribution in [0.25, 0.3) is 0 Å². The predicted molar refractivity (Wildman–Crippen MR) is 51.4 cm³/mol. The normalized spacial score (nSPS) is 11.7. The van der Waals surface area contributed by atoms with Crippen LogP contribution < -0.4 is 0 Å². The molecule has 0 heterocycles. The van der Waals surface area contributed by atoms with E-state index in [1.165, 1.54) is 18.2 Å². The Bertz CT molecular complexity index is 308. The maximum Gasteiger partial charge on any atom is 0.280 e. The number of benzene rings is 1. The highest BCUT2D eigenvalue weighted by Gasteiger charge is 2.35. The maximum absolute atomic E-state index is 13.3. The van der Waals surface area contributed by atoms with Gasteiger partial charge >= 0.3 is 0 Å². The average molecular weight is 267 g/mol. The Labute approximate surface area is 88.3 Å². The van der Waals surface area contributed by atoms with Gasteiger partial charge in [0, 0.05) is 17.5 Å². The lowest BCUT2D eigenvalue weighted by molar-refractivity contribution is -0.0293. The minimum absolute atomic E-state index is 0.135.